The Bertz CT molecular complexity index is 691. The van der Waals surface area contributed by atoms with Gasteiger partial charge in [0.2, 0.25) is 0 Å². The first kappa shape index (κ1) is 18.6. The van der Waals surface area contributed by atoms with E-state index < -0.39 is 0 Å². The number of hydrogen-bond acceptors (Lipinski definition) is 2. The molecule has 4 nitrogen and oxygen atoms in total. The minimum Gasteiger partial charge on any atom is -0.336 e. The molecule has 0 heterocycles. The fraction of sp³-hybridized carbons (Fsp3) is 0.278. The van der Waals surface area contributed by atoms with Gasteiger partial charge in [-0.3, -0.25) is 0 Å². The number of amides is 2. The summed E-state index contributed by atoms with van der Waals surface area (Å²) in [7, 11) is 3.92. The van der Waals surface area contributed by atoms with Crippen LogP contribution in [0.15, 0.2) is 48.5 Å². The number of carbonyl (C=O) groups is 1. The van der Waals surface area contributed by atoms with E-state index in [-0.39, 0.29) is 12.1 Å². The van der Waals surface area contributed by atoms with Crippen molar-refractivity contribution >= 4 is 29.2 Å². The van der Waals surface area contributed by atoms with Gasteiger partial charge in [0.05, 0.1) is 6.04 Å². The first-order valence-corrected chi connectivity index (χ1v) is 8.40. The number of rotatable bonds is 6. The zero-order valence-electron chi connectivity index (χ0n) is 13.7. The second-order valence-electron chi connectivity index (χ2n) is 5.69. The smallest absolute Gasteiger partial charge is 0.315 e. The van der Waals surface area contributed by atoms with Crippen LogP contribution in [0.4, 0.5) is 4.79 Å². The molecule has 0 saturated heterocycles. The number of carbonyl (C=O) groups excluding carboxylic acids is 1. The van der Waals surface area contributed by atoms with Gasteiger partial charge in [-0.05, 0) is 43.4 Å². The highest BCUT2D eigenvalue weighted by Gasteiger charge is 2.17. The molecule has 2 amide bonds. The Morgan fingerprint density at radius 3 is 2.50 bits per heavy atom. The molecule has 0 aromatic heterocycles. The van der Waals surface area contributed by atoms with Crippen LogP contribution in [-0.2, 0) is 6.54 Å². The summed E-state index contributed by atoms with van der Waals surface area (Å²) in [6.45, 7) is 0.878. The fourth-order valence-electron chi connectivity index (χ4n) is 2.40. The van der Waals surface area contributed by atoms with Gasteiger partial charge in [-0.15, -0.1) is 0 Å². The van der Waals surface area contributed by atoms with E-state index in [1.54, 1.807) is 6.07 Å². The monoisotopic (exact) mass is 365 g/mol. The molecule has 0 aliphatic rings. The molecule has 0 saturated carbocycles. The van der Waals surface area contributed by atoms with Crippen LogP contribution in [0.2, 0.25) is 10.0 Å². The topological polar surface area (TPSA) is 44.4 Å². The Labute approximate surface area is 152 Å². The van der Waals surface area contributed by atoms with Gasteiger partial charge in [0, 0.05) is 23.1 Å². The summed E-state index contributed by atoms with van der Waals surface area (Å²) in [6.07, 6.45) is 0. The lowest BCUT2D eigenvalue weighted by Crippen LogP contribution is -2.40. The van der Waals surface area contributed by atoms with Crippen molar-refractivity contribution in [2.24, 2.45) is 0 Å². The van der Waals surface area contributed by atoms with Crippen LogP contribution in [0.1, 0.15) is 17.2 Å². The van der Waals surface area contributed by atoms with Crippen LogP contribution >= 0.6 is 23.2 Å². The Balaban J connectivity index is 1.90. The minimum atomic E-state index is -0.228. The molecule has 2 aromatic rings. The fourth-order valence-corrected chi connectivity index (χ4v) is 2.87. The van der Waals surface area contributed by atoms with Crippen molar-refractivity contribution in [1.82, 2.24) is 15.5 Å². The lowest BCUT2D eigenvalue weighted by molar-refractivity contribution is 0.232. The Morgan fingerprint density at radius 1 is 1.08 bits per heavy atom. The number of urea groups is 1. The second-order valence-corrected chi connectivity index (χ2v) is 6.54. The van der Waals surface area contributed by atoms with Crippen LogP contribution in [0.3, 0.4) is 0 Å². The first-order chi connectivity index (χ1) is 11.5. The zero-order chi connectivity index (χ0) is 17.5. The highest BCUT2D eigenvalue weighted by molar-refractivity contribution is 6.31. The summed E-state index contributed by atoms with van der Waals surface area (Å²) in [5.41, 5.74) is 1.94. The number of hydrogen-bond donors (Lipinski definition) is 2. The van der Waals surface area contributed by atoms with E-state index in [2.05, 4.69) is 10.6 Å². The molecule has 1 atom stereocenters. The van der Waals surface area contributed by atoms with Gasteiger partial charge in [-0.1, -0.05) is 53.5 Å². The molecular formula is C18H21Cl2N3O. The molecule has 2 rings (SSSR count). The molecule has 2 aromatic carbocycles. The van der Waals surface area contributed by atoms with E-state index in [0.29, 0.717) is 23.1 Å². The third-order valence-corrected chi connectivity index (χ3v) is 4.26. The lowest BCUT2D eigenvalue weighted by atomic mass is 10.1. The van der Waals surface area contributed by atoms with Crippen molar-refractivity contribution in [3.05, 3.63) is 69.7 Å². The van der Waals surface area contributed by atoms with Crippen molar-refractivity contribution in [1.29, 1.82) is 0 Å². The van der Waals surface area contributed by atoms with Crippen LogP contribution in [0.5, 0.6) is 0 Å². The number of nitrogens with zero attached hydrogens (tertiary/aromatic N) is 1. The van der Waals surface area contributed by atoms with Gasteiger partial charge in [0.1, 0.15) is 0 Å². The first-order valence-electron chi connectivity index (χ1n) is 7.64. The molecule has 1 unspecified atom stereocenters. The van der Waals surface area contributed by atoms with Crippen LogP contribution < -0.4 is 10.6 Å². The Hall–Kier alpha value is -1.75. The summed E-state index contributed by atoms with van der Waals surface area (Å²) in [5.74, 6) is 0. The number of benzene rings is 2. The summed E-state index contributed by atoms with van der Waals surface area (Å²) in [6, 6.07) is 14.8. The third kappa shape index (κ3) is 5.41. The molecule has 0 aliphatic heterocycles. The van der Waals surface area contributed by atoms with Gasteiger partial charge in [0.25, 0.3) is 0 Å². The van der Waals surface area contributed by atoms with Crippen LogP contribution in [0, 0.1) is 0 Å². The van der Waals surface area contributed by atoms with Crippen molar-refractivity contribution in [2.75, 3.05) is 20.6 Å². The van der Waals surface area contributed by atoms with E-state index in [0.717, 1.165) is 11.1 Å². The predicted octanol–water partition coefficient (Wildman–Crippen LogP) is 4.10. The average molecular weight is 366 g/mol. The molecule has 6 heteroatoms. The summed E-state index contributed by atoms with van der Waals surface area (Å²) < 4.78 is 0. The highest BCUT2D eigenvalue weighted by Crippen LogP contribution is 2.25. The highest BCUT2D eigenvalue weighted by atomic mass is 35.5. The van der Waals surface area contributed by atoms with Crippen molar-refractivity contribution < 1.29 is 4.79 Å². The Morgan fingerprint density at radius 2 is 1.83 bits per heavy atom. The SMILES string of the molecule is CN(C)C(CNC(=O)NCc1cccc(Cl)c1)c1ccccc1Cl. The standard InChI is InChI=1S/C18H21Cl2N3O/c1-23(2)17(15-8-3-4-9-16(15)20)12-22-18(24)21-11-13-6-5-7-14(19)10-13/h3-10,17H,11-12H2,1-2H3,(H2,21,22,24). The van der Waals surface area contributed by atoms with E-state index >= 15 is 0 Å². The van der Waals surface area contributed by atoms with Crippen molar-refractivity contribution in [3.63, 3.8) is 0 Å². The van der Waals surface area contributed by atoms with Gasteiger partial charge in [-0.25, -0.2) is 4.79 Å². The second kappa shape index (κ2) is 8.92. The molecule has 0 spiro atoms. The molecule has 0 fully saturated rings. The van der Waals surface area contributed by atoms with Crippen molar-refractivity contribution in [2.45, 2.75) is 12.6 Å². The van der Waals surface area contributed by atoms with E-state index in [1.165, 1.54) is 0 Å². The van der Waals surface area contributed by atoms with E-state index in [9.17, 15) is 4.79 Å². The molecule has 128 valence electrons. The maximum Gasteiger partial charge on any atom is 0.315 e. The molecule has 0 radical (unpaired) electrons. The van der Waals surface area contributed by atoms with Crippen LogP contribution in [-0.4, -0.2) is 31.6 Å². The van der Waals surface area contributed by atoms with E-state index in [1.807, 2.05) is 61.5 Å². The maximum absolute atomic E-state index is 12.0. The molecule has 0 aliphatic carbocycles. The van der Waals surface area contributed by atoms with Crippen molar-refractivity contribution in [3.8, 4) is 0 Å². The number of nitrogens with one attached hydrogen (secondary N) is 2. The molecular weight excluding hydrogens is 345 g/mol. The maximum atomic E-state index is 12.0. The summed E-state index contributed by atoms with van der Waals surface area (Å²) >= 11 is 12.2. The Kier molecular flexibility index (Phi) is 6.91. The zero-order valence-corrected chi connectivity index (χ0v) is 15.2. The minimum absolute atomic E-state index is 0.00406. The molecule has 2 N–H and O–H groups in total. The van der Waals surface area contributed by atoms with Gasteiger partial charge in [-0.2, -0.15) is 0 Å². The average Bonchev–Trinajstić information content (AvgIpc) is 2.54. The third-order valence-electron chi connectivity index (χ3n) is 3.69. The largest absolute Gasteiger partial charge is 0.336 e. The summed E-state index contributed by atoms with van der Waals surface area (Å²) in [4.78, 5) is 14.1. The van der Waals surface area contributed by atoms with Gasteiger partial charge in [0.15, 0.2) is 0 Å². The normalized spacial score (nSPS) is 12.0. The quantitative estimate of drug-likeness (QED) is 0.809. The van der Waals surface area contributed by atoms with E-state index in [4.69, 9.17) is 23.2 Å². The number of halogens is 2. The molecule has 0 bridgehead atoms. The van der Waals surface area contributed by atoms with Gasteiger partial charge >= 0.3 is 6.03 Å². The molecule has 24 heavy (non-hydrogen) atoms. The lowest BCUT2D eigenvalue weighted by Gasteiger charge is -2.26. The van der Waals surface area contributed by atoms with Crippen LogP contribution in [0.25, 0.3) is 0 Å². The summed E-state index contributed by atoms with van der Waals surface area (Å²) in [5, 5.41) is 7.06. The number of likely N-dealkylation sites (N-methyl/N-ethyl adjacent to an activating group) is 1. The predicted molar refractivity (Wildman–Crippen MR) is 99.6 cm³/mol. The van der Waals surface area contributed by atoms with Gasteiger partial charge < -0.3 is 15.5 Å².